The first-order valence-corrected chi connectivity index (χ1v) is 11.1. The summed E-state index contributed by atoms with van der Waals surface area (Å²) in [5.74, 6) is -0.902. The Kier molecular flexibility index (Phi) is 4.71. The Morgan fingerprint density at radius 2 is 1.83 bits per heavy atom. The number of aromatic nitrogens is 1. The van der Waals surface area contributed by atoms with Gasteiger partial charge in [-0.05, 0) is 61.4 Å². The summed E-state index contributed by atoms with van der Waals surface area (Å²) in [4.78, 5) is 30.5. The van der Waals surface area contributed by atoms with Crippen LogP contribution in [0.4, 0.5) is 5.69 Å². The van der Waals surface area contributed by atoms with Crippen LogP contribution in [0.2, 0.25) is 0 Å². The number of hydrogen-bond acceptors (Lipinski definition) is 6. The van der Waals surface area contributed by atoms with Crippen LogP contribution in [0.15, 0.2) is 52.9 Å². The maximum atomic E-state index is 12.7. The highest BCUT2D eigenvalue weighted by Gasteiger charge is 2.36. The molecule has 1 aliphatic rings. The maximum Gasteiger partial charge on any atom is 0.280 e. The number of anilines is 1. The fourth-order valence-electron chi connectivity index (χ4n) is 3.01. The SMILES string of the molecule is Cc1ccc(NS(=O)(=O)c2ccc(CN3C(=O)c4cccnc4C3=O)s2)cc1C. The smallest absolute Gasteiger partial charge is 0.279 e. The number of amides is 2. The largest absolute Gasteiger partial charge is 0.280 e. The Morgan fingerprint density at radius 3 is 2.55 bits per heavy atom. The number of rotatable bonds is 5. The van der Waals surface area contributed by atoms with Crippen LogP contribution in [0.3, 0.4) is 0 Å². The van der Waals surface area contributed by atoms with Gasteiger partial charge in [0.15, 0.2) is 0 Å². The molecular weight excluding hydrogens is 410 g/mol. The number of sulfonamides is 1. The van der Waals surface area contributed by atoms with Gasteiger partial charge in [0.25, 0.3) is 21.8 Å². The average molecular weight is 428 g/mol. The second-order valence-electron chi connectivity index (χ2n) is 6.72. The van der Waals surface area contributed by atoms with Crippen LogP contribution < -0.4 is 4.72 Å². The quantitative estimate of drug-likeness (QED) is 0.630. The van der Waals surface area contributed by atoms with Gasteiger partial charge in [-0.1, -0.05) is 6.07 Å². The zero-order valence-electron chi connectivity index (χ0n) is 15.7. The molecular formula is C20H17N3O4S2. The fraction of sp³-hybridized carbons (Fsp3) is 0.150. The zero-order chi connectivity index (χ0) is 20.8. The van der Waals surface area contributed by atoms with Crippen molar-refractivity contribution in [2.45, 2.75) is 24.6 Å². The van der Waals surface area contributed by atoms with Crippen LogP contribution in [0.25, 0.3) is 0 Å². The van der Waals surface area contributed by atoms with Crippen molar-refractivity contribution < 1.29 is 18.0 Å². The highest BCUT2D eigenvalue weighted by molar-refractivity contribution is 7.94. The van der Waals surface area contributed by atoms with Crippen LogP contribution in [0.5, 0.6) is 0 Å². The van der Waals surface area contributed by atoms with Crippen LogP contribution in [0.1, 0.15) is 36.9 Å². The number of imide groups is 1. The third kappa shape index (κ3) is 3.54. The molecule has 0 unspecified atom stereocenters. The molecule has 0 saturated heterocycles. The number of nitrogens with one attached hydrogen (secondary N) is 1. The van der Waals surface area contributed by atoms with Gasteiger partial charge in [-0.3, -0.25) is 24.2 Å². The van der Waals surface area contributed by atoms with Gasteiger partial charge in [0.1, 0.15) is 9.90 Å². The lowest BCUT2D eigenvalue weighted by atomic mass is 10.1. The lowest BCUT2D eigenvalue weighted by Crippen LogP contribution is -2.28. The van der Waals surface area contributed by atoms with E-state index in [0.29, 0.717) is 10.6 Å². The number of aryl methyl sites for hydroxylation is 2. The van der Waals surface area contributed by atoms with E-state index in [1.54, 1.807) is 30.3 Å². The molecule has 4 rings (SSSR count). The molecule has 0 saturated carbocycles. The molecule has 0 fully saturated rings. The van der Waals surface area contributed by atoms with Gasteiger partial charge < -0.3 is 0 Å². The fourth-order valence-corrected chi connectivity index (χ4v) is 5.41. The number of carbonyl (C=O) groups is 2. The monoisotopic (exact) mass is 427 g/mol. The Labute approximate surface area is 172 Å². The molecule has 3 heterocycles. The first kappa shape index (κ1) is 19.3. The van der Waals surface area contributed by atoms with Crippen LogP contribution in [0, 0.1) is 13.8 Å². The summed E-state index contributed by atoms with van der Waals surface area (Å²) in [5.41, 5.74) is 2.92. The molecule has 2 aromatic heterocycles. The predicted octanol–water partition coefficient (Wildman–Crippen LogP) is 3.36. The molecule has 9 heteroatoms. The molecule has 0 aliphatic carbocycles. The minimum Gasteiger partial charge on any atom is -0.279 e. The maximum absolute atomic E-state index is 12.7. The summed E-state index contributed by atoms with van der Waals surface area (Å²) in [7, 11) is -3.77. The molecule has 3 aromatic rings. The van der Waals surface area contributed by atoms with Crippen molar-refractivity contribution in [1.29, 1.82) is 0 Å². The number of hydrogen-bond donors (Lipinski definition) is 1. The van der Waals surface area contributed by atoms with Gasteiger partial charge in [0.2, 0.25) is 0 Å². The van der Waals surface area contributed by atoms with Crippen molar-refractivity contribution in [3.05, 3.63) is 75.9 Å². The molecule has 1 aromatic carbocycles. The molecule has 0 radical (unpaired) electrons. The van der Waals surface area contributed by atoms with E-state index in [2.05, 4.69) is 9.71 Å². The predicted molar refractivity (Wildman–Crippen MR) is 109 cm³/mol. The second kappa shape index (κ2) is 7.09. The van der Waals surface area contributed by atoms with Crippen molar-refractivity contribution in [2.75, 3.05) is 4.72 Å². The summed E-state index contributed by atoms with van der Waals surface area (Å²) in [5, 5.41) is 0. The van der Waals surface area contributed by atoms with Crippen molar-refractivity contribution >= 4 is 38.9 Å². The Morgan fingerprint density at radius 1 is 1.03 bits per heavy atom. The number of nitrogens with zero attached hydrogens (tertiary/aromatic N) is 2. The summed E-state index contributed by atoms with van der Waals surface area (Å²) in [6.45, 7) is 3.86. The van der Waals surface area contributed by atoms with Gasteiger partial charge in [0, 0.05) is 16.8 Å². The average Bonchev–Trinajstić information content (AvgIpc) is 3.25. The van der Waals surface area contributed by atoms with E-state index in [4.69, 9.17) is 0 Å². The van der Waals surface area contributed by atoms with Crippen LogP contribution in [-0.2, 0) is 16.6 Å². The summed E-state index contributed by atoms with van der Waals surface area (Å²) in [6.07, 6.45) is 1.46. The number of pyridine rings is 1. The van der Waals surface area contributed by atoms with Gasteiger partial charge in [-0.15, -0.1) is 11.3 Å². The van der Waals surface area contributed by atoms with E-state index >= 15 is 0 Å². The lowest BCUT2D eigenvalue weighted by molar-refractivity contribution is 0.0642. The summed E-state index contributed by atoms with van der Waals surface area (Å²) in [6, 6.07) is 11.6. The van der Waals surface area contributed by atoms with E-state index in [0.717, 1.165) is 27.4 Å². The second-order valence-corrected chi connectivity index (χ2v) is 9.80. The third-order valence-electron chi connectivity index (χ3n) is 4.71. The molecule has 0 bridgehead atoms. The molecule has 2 amide bonds. The first-order chi connectivity index (χ1) is 13.8. The van der Waals surface area contributed by atoms with Gasteiger partial charge in [-0.25, -0.2) is 8.42 Å². The van der Waals surface area contributed by atoms with Gasteiger partial charge in [0.05, 0.1) is 12.1 Å². The number of fused-ring (bicyclic) bond motifs is 1. The van der Waals surface area contributed by atoms with E-state index in [1.807, 2.05) is 19.9 Å². The normalized spacial score (nSPS) is 13.7. The first-order valence-electron chi connectivity index (χ1n) is 8.76. The lowest BCUT2D eigenvalue weighted by Gasteiger charge is -2.11. The minimum atomic E-state index is -3.77. The van der Waals surface area contributed by atoms with E-state index < -0.39 is 21.8 Å². The van der Waals surface area contributed by atoms with Crippen molar-refractivity contribution in [3.63, 3.8) is 0 Å². The molecule has 29 heavy (non-hydrogen) atoms. The standard InChI is InChI=1S/C20H17N3O4S2/c1-12-5-6-14(10-13(12)2)22-29(26,27)17-8-7-15(28-17)11-23-19(24)16-4-3-9-21-18(16)20(23)25/h3-10,22H,11H2,1-2H3. The zero-order valence-corrected chi connectivity index (χ0v) is 17.3. The molecule has 0 atom stereocenters. The highest BCUT2D eigenvalue weighted by Crippen LogP contribution is 2.28. The van der Waals surface area contributed by atoms with Gasteiger partial charge >= 0.3 is 0 Å². The number of benzene rings is 1. The summed E-state index contributed by atoms with van der Waals surface area (Å²) >= 11 is 1.02. The Balaban J connectivity index is 1.53. The minimum absolute atomic E-state index is 0.00213. The highest BCUT2D eigenvalue weighted by atomic mass is 32.2. The molecule has 1 aliphatic heterocycles. The van der Waals surface area contributed by atoms with Crippen LogP contribution in [-0.4, -0.2) is 30.1 Å². The number of carbonyl (C=O) groups excluding carboxylic acids is 2. The van der Waals surface area contributed by atoms with Crippen molar-refractivity contribution in [2.24, 2.45) is 0 Å². The van der Waals surface area contributed by atoms with E-state index in [1.165, 1.54) is 12.3 Å². The molecule has 148 valence electrons. The van der Waals surface area contributed by atoms with Gasteiger partial charge in [-0.2, -0.15) is 0 Å². The van der Waals surface area contributed by atoms with Crippen molar-refractivity contribution in [3.8, 4) is 0 Å². The molecule has 0 spiro atoms. The third-order valence-corrected chi connectivity index (χ3v) is 7.65. The van der Waals surface area contributed by atoms with E-state index in [9.17, 15) is 18.0 Å². The Hall–Kier alpha value is -3.04. The van der Waals surface area contributed by atoms with Crippen molar-refractivity contribution in [1.82, 2.24) is 9.88 Å². The summed E-state index contributed by atoms with van der Waals surface area (Å²) < 4.78 is 28.1. The van der Waals surface area contributed by atoms with Crippen LogP contribution >= 0.6 is 11.3 Å². The molecule has 7 nitrogen and oxygen atoms in total. The topological polar surface area (TPSA) is 96.4 Å². The number of thiophene rings is 1. The van der Waals surface area contributed by atoms with E-state index in [-0.39, 0.29) is 22.0 Å². The molecule has 1 N–H and O–H groups in total. The Bertz CT molecular complexity index is 1210.